The molecule has 0 bridgehead atoms. The van der Waals surface area contributed by atoms with Crippen LogP contribution in [0.1, 0.15) is 49.7 Å². The van der Waals surface area contributed by atoms with Crippen LogP contribution in [0.15, 0.2) is 48.5 Å². The van der Waals surface area contributed by atoms with Crippen LogP contribution < -0.4 is 15.5 Å². The van der Waals surface area contributed by atoms with Crippen molar-refractivity contribution in [3.05, 3.63) is 64.7 Å². The molecular formula is C26H31ClF3N3O2. The lowest BCUT2D eigenvalue weighted by Gasteiger charge is -2.40. The lowest BCUT2D eigenvalue weighted by molar-refractivity contribution is -0.137. The number of rotatable bonds is 6. The van der Waals surface area contributed by atoms with E-state index >= 15 is 0 Å². The highest BCUT2D eigenvalue weighted by Crippen LogP contribution is 2.31. The summed E-state index contributed by atoms with van der Waals surface area (Å²) in [7, 11) is 0. The van der Waals surface area contributed by atoms with Crippen molar-refractivity contribution in [2.45, 2.75) is 69.4 Å². The van der Waals surface area contributed by atoms with E-state index in [1.807, 2.05) is 12.1 Å². The number of alkyl carbamates (subject to hydrolysis) is 1. The molecule has 1 aliphatic heterocycles. The van der Waals surface area contributed by atoms with Crippen molar-refractivity contribution in [1.82, 2.24) is 10.6 Å². The normalized spacial score (nSPS) is 23.1. The molecule has 3 atom stereocenters. The van der Waals surface area contributed by atoms with E-state index in [4.69, 9.17) is 16.3 Å². The van der Waals surface area contributed by atoms with Crippen LogP contribution in [0.4, 0.5) is 23.7 Å². The van der Waals surface area contributed by atoms with E-state index in [0.29, 0.717) is 5.02 Å². The maximum absolute atomic E-state index is 12.9. The van der Waals surface area contributed by atoms with Crippen molar-refractivity contribution < 1.29 is 22.7 Å². The second kappa shape index (κ2) is 11.5. The van der Waals surface area contributed by atoms with Gasteiger partial charge in [0, 0.05) is 41.9 Å². The van der Waals surface area contributed by atoms with Gasteiger partial charge in [0.1, 0.15) is 6.61 Å². The number of amides is 1. The van der Waals surface area contributed by atoms with Crippen molar-refractivity contribution in [1.29, 1.82) is 0 Å². The molecule has 9 heteroatoms. The van der Waals surface area contributed by atoms with Gasteiger partial charge in [-0.1, -0.05) is 36.6 Å². The summed E-state index contributed by atoms with van der Waals surface area (Å²) < 4.78 is 44.1. The second-order valence-corrected chi connectivity index (χ2v) is 9.78. The van der Waals surface area contributed by atoms with Crippen LogP contribution in [0, 0.1) is 0 Å². The summed E-state index contributed by atoms with van der Waals surface area (Å²) >= 11 is 5.89. The highest BCUT2D eigenvalue weighted by atomic mass is 35.5. The lowest BCUT2D eigenvalue weighted by Crippen LogP contribution is -2.57. The molecule has 4 rings (SSSR count). The number of hydrogen-bond donors (Lipinski definition) is 2. The first kappa shape index (κ1) is 25.6. The smallest absolute Gasteiger partial charge is 0.416 e. The monoisotopic (exact) mass is 509 g/mol. The van der Waals surface area contributed by atoms with E-state index in [1.54, 1.807) is 24.3 Å². The summed E-state index contributed by atoms with van der Waals surface area (Å²) in [6, 6.07) is 12.9. The van der Waals surface area contributed by atoms with Gasteiger partial charge >= 0.3 is 12.3 Å². The SMILES string of the molecule is O=C(N[C@@H]1CCCC[C@H]1N[C@H]1CCCN(c2ccc(C(F)(F)F)cc2)C1)OCc1ccc(Cl)cc1. The van der Waals surface area contributed by atoms with Crippen molar-refractivity contribution in [2.24, 2.45) is 0 Å². The summed E-state index contributed by atoms with van der Waals surface area (Å²) in [6.07, 6.45) is 1.14. The fraction of sp³-hybridized carbons (Fsp3) is 0.500. The van der Waals surface area contributed by atoms with Crippen LogP contribution >= 0.6 is 11.6 Å². The fourth-order valence-corrected chi connectivity index (χ4v) is 5.06. The van der Waals surface area contributed by atoms with E-state index in [1.165, 1.54) is 0 Å². The van der Waals surface area contributed by atoms with Crippen molar-refractivity contribution >= 4 is 23.4 Å². The molecule has 2 N–H and O–H groups in total. The molecule has 2 aliphatic rings. The predicted molar refractivity (Wildman–Crippen MR) is 131 cm³/mol. The third-order valence-corrected chi connectivity index (χ3v) is 7.04. The van der Waals surface area contributed by atoms with Gasteiger partial charge in [0.15, 0.2) is 0 Å². The molecule has 190 valence electrons. The number of halogens is 4. The number of carbonyl (C=O) groups is 1. The largest absolute Gasteiger partial charge is 0.445 e. The number of carbonyl (C=O) groups excluding carboxylic acids is 1. The molecule has 1 saturated carbocycles. The Hall–Kier alpha value is -2.45. The molecule has 1 aliphatic carbocycles. The topological polar surface area (TPSA) is 53.6 Å². The predicted octanol–water partition coefficient (Wildman–Crippen LogP) is 6.15. The van der Waals surface area contributed by atoms with Gasteiger partial charge < -0.3 is 20.3 Å². The highest BCUT2D eigenvalue weighted by molar-refractivity contribution is 6.30. The Bertz CT molecular complexity index is 969. The highest BCUT2D eigenvalue weighted by Gasteiger charge is 2.32. The van der Waals surface area contributed by atoms with E-state index < -0.39 is 17.8 Å². The van der Waals surface area contributed by atoms with Crippen LogP contribution in [-0.4, -0.2) is 37.3 Å². The van der Waals surface area contributed by atoms with Crippen molar-refractivity contribution in [3.63, 3.8) is 0 Å². The van der Waals surface area contributed by atoms with Crippen molar-refractivity contribution in [2.75, 3.05) is 18.0 Å². The minimum Gasteiger partial charge on any atom is -0.445 e. The molecule has 0 aromatic heterocycles. The Morgan fingerprint density at radius 1 is 0.971 bits per heavy atom. The molecular weight excluding hydrogens is 479 g/mol. The zero-order valence-electron chi connectivity index (χ0n) is 19.5. The second-order valence-electron chi connectivity index (χ2n) is 9.34. The Balaban J connectivity index is 1.30. The number of hydrogen-bond acceptors (Lipinski definition) is 4. The zero-order valence-corrected chi connectivity index (χ0v) is 20.2. The number of anilines is 1. The zero-order chi connectivity index (χ0) is 24.8. The number of alkyl halides is 3. The van der Waals surface area contributed by atoms with E-state index in [2.05, 4.69) is 15.5 Å². The number of ether oxygens (including phenoxy) is 1. The summed E-state index contributed by atoms with van der Waals surface area (Å²) in [5.74, 6) is 0. The Labute approximate surface area is 209 Å². The third kappa shape index (κ3) is 7.27. The Kier molecular flexibility index (Phi) is 8.44. The number of nitrogens with one attached hydrogen (secondary N) is 2. The Morgan fingerprint density at radius 2 is 1.66 bits per heavy atom. The van der Waals surface area contributed by atoms with Crippen LogP contribution in [0.25, 0.3) is 0 Å². The van der Waals surface area contributed by atoms with Gasteiger partial charge in [0.2, 0.25) is 0 Å². The van der Waals surface area contributed by atoms with Crippen LogP contribution in [0.2, 0.25) is 5.02 Å². The van der Waals surface area contributed by atoms with E-state index in [9.17, 15) is 18.0 Å². The quantitative estimate of drug-likeness (QED) is 0.490. The first-order valence-corrected chi connectivity index (χ1v) is 12.5. The summed E-state index contributed by atoms with van der Waals surface area (Å²) in [6.45, 7) is 1.71. The molecule has 0 spiro atoms. The first-order chi connectivity index (χ1) is 16.8. The Morgan fingerprint density at radius 3 is 2.34 bits per heavy atom. The molecule has 2 aromatic carbocycles. The van der Waals surface area contributed by atoms with Crippen LogP contribution in [-0.2, 0) is 17.5 Å². The van der Waals surface area contributed by atoms with Crippen LogP contribution in [0.3, 0.4) is 0 Å². The first-order valence-electron chi connectivity index (χ1n) is 12.1. The standard InChI is InChI=1S/C26H31ClF3N3O2/c27-20-11-7-18(8-12-20)17-35-25(34)32-24-6-2-1-5-23(24)31-21-4-3-15-33(16-21)22-13-9-19(10-14-22)26(28,29)30/h7-14,21,23-24,31H,1-6,15-17H2,(H,32,34)/t21-,23+,24+/m0/s1. The van der Waals surface area contributed by atoms with Gasteiger partial charge in [0.05, 0.1) is 5.56 Å². The molecule has 1 amide bonds. The number of nitrogens with zero attached hydrogens (tertiary/aromatic N) is 1. The minimum atomic E-state index is -4.33. The fourth-order valence-electron chi connectivity index (χ4n) is 4.94. The molecule has 0 unspecified atom stereocenters. The van der Waals surface area contributed by atoms with Gasteiger partial charge in [-0.3, -0.25) is 0 Å². The minimum absolute atomic E-state index is 0.0251. The molecule has 2 aromatic rings. The lowest BCUT2D eigenvalue weighted by atomic mass is 9.89. The van der Waals surface area contributed by atoms with E-state index in [-0.39, 0.29) is 24.7 Å². The summed E-state index contributed by atoms with van der Waals surface area (Å²) in [4.78, 5) is 14.6. The molecule has 2 fully saturated rings. The number of piperidine rings is 1. The average Bonchev–Trinajstić information content (AvgIpc) is 2.85. The molecule has 1 saturated heterocycles. The average molecular weight is 510 g/mol. The maximum Gasteiger partial charge on any atom is 0.416 e. The van der Waals surface area contributed by atoms with Gasteiger partial charge in [-0.2, -0.15) is 13.2 Å². The van der Waals surface area contributed by atoms with Crippen LogP contribution in [0.5, 0.6) is 0 Å². The van der Waals surface area contributed by atoms with Gasteiger partial charge in [-0.05, 0) is 67.6 Å². The van der Waals surface area contributed by atoms with Crippen molar-refractivity contribution in [3.8, 4) is 0 Å². The molecule has 5 nitrogen and oxygen atoms in total. The summed E-state index contributed by atoms with van der Waals surface area (Å²) in [5.41, 5.74) is 1.04. The molecule has 1 heterocycles. The van der Waals surface area contributed by atoms with Gasteiger partial charge in [-0.25, -0.2) is 4.79 Å². The maximum atomic E-state index is 12.9. The molecule has 35 heavy (non-hydrogen) atoms. The van der Waals surface area contributed by atoms with Gasteiger partial charge in [0.25, 0.3) is 0 Å². The van der Waals surface area contributed by atoms with Gasteiger partial charge in [-0.15, -0.1) is 0 Å². The molecule has 0 radical (unpaired) electrons. The summed E-state index contributed by atoms with van der Waals surface area (Å²) in [5, 5.41) is 7.39. The third-order valence-electron chi connectivity index (χ3n) is 6.78. The van der Waals surface area contributed by atoms with E-state index in [0.717, 1.165) is 75.0 Å². The number of benzene rings is 2.